The molecule has 29 heavy (non-hydrogen) atoms. The van der Waals surface area contributed by atoms with Crippen LogP contribution in [0, 0.1) is 40.4 Å². The van der Waals surface area contributed by atoms with Crippen LogP contribution in [-0.2, 0) is 0 Å². The van der Waals surface area contributed by atoms with E-state index in [1.807, 2.05) is 18.3 Å². The highest BCUT2D eigenvalue weighted by atomic mass is 16.3. The summed E-state index contributed by atoms with van der Waals surface area (Å²) in [6.45, 7) is 5.13. The molecule has 1 heterocycles. The molecule has 2 N–H and O–H groups in total. The fourth-order valence-corrected chi connectivity index (χ4v) is 8.71. The summed E-state index contributed by atoms with van der Waals surface area (Å²) in [7, 11) is 0. The molecular formula is C26H39NO2. The van der Waals surface area contributed by atoms with Gasteiger partial charge in [0, 0.05) is 12.4 Å². The third kappa shape index (κ3) is 3.19. The molecule has 0 bridgehead atoms. The number of aliphatic hydroxyl groups excluding tert-OH is 2. The number of aliphatic hydroxyl groups is 2. The van der Waals surface area contributed by atoms with Crippen LogP contribution in [0.5, 0.6) is 0 Å². The number of nitrogens with zero attached hydrogens (tertiary/aromatic N) is 1. The van der Waals surface area contributed by atoms with Crippen molar-refractivity contribution in [3.63, 3.8) is 0 Å². The van der Waals surface area contributed by atoms with E-state index in [4.69, 9.17) is 0 Å². The molecule has 0 radical (unpaired) electrons. The topological polar surface area (TPSA) is 53.4 Å². The van der Waals surface area contributed by atoms with Crippen molar-refractivity contribution in [1.29, 1.82) is 0 Å². The van der Waals surface area contributed by atoms with Gasteiger partial charge < -0.3 is 10.2 Å². The van der Waals surface area contributed by atoms with Crippen molar-refractivity contribution < 1.29 is 10.2 Å². The first-order chi connectivity index (χ1) is 13.9. The van der Waals surface area contributed by atoms with E-state index < -0.39 is 0 Å². The summed E-state index contributed by atoms with van der Waals surface area (Å²) >= 11 is 0. The molecule has 160 valence electrons. The lowest BCUT2D eigenvalue weighted by atomic mass is 9.44. The van der Waals surface area contributed by atoms with Crippen LogP contribution in [0.1, 0.15) is 89.7 Å². The van der Waals surface area contributed by atoms with Crippen LogP contribution < -0.4 is 0 Å². The molecule has 0 saturated heterocycles. The lowest BCUT2D eigenvalue weighted by Crippen LogP contribution is -2.53. The van der Waals surface area contributed by atoms with Gasteiger partial charge in [-0.25, -0.2) is 0 Å². The predicted molar refractivity (Wildman–Crippen MR) is 115 cm³/mol. The minimum atomic E-state index is -0.380. The van der Waals surface area contributed by atoms with E-state index in [2.05, 4.69) is 18.8 Å². The molecule has 0 spiro atoms. The largest absolute Gasteiger partial charge is 0.393 e. The van der Waals surface area contributed by atoms with Gasteiger partial charge in [0.25, 0.3) is 0 Å². The zero-order chi connectivity index (χ0) is 20.2. The molecule has 4 fully saturated rings. The summed E-state index contributed by atoms with van der Waals surface area (Å²) in [5.74, 6) is 3.92. The molecule has 0 aromatic carbocycles. The molecular weight excluding hydrogens is 358 g/mol. The van der Waals surface area contributed by atoms with E-state index in [-0.39, 0.29) is 12.2 Å². The van der Waals surface area contributed by atoms with E-state index in [1.54, 1.807) is 6.20 Å². The average molecular weight is 398 g/mol. The van der Waals surface area contributed by atoms with E-state index in [9.17, 15) is 10.2 Å². The molecule has 1 aromatic rings. The highest BCUT2D eigenvalue weighted by molar-refractivity contribution is 5.14. The maximum atomic E-state index is 10.9. The molecule has 3 heteroatoms. The van der Waals surface area contributed by atoms with E-state index >= 15 is 0 Å². The Balaban J connectivity index is 1.33. The molecule has 3 nitrogen and oxygen atoms in total. The lowest BCUT2D eigenvalue weighted by molar-refractivity contribution is -0.128. The molecule has 4 aliphatic rings. The van der Waals surface area contributed by atoms with Crippen molar-refractivity contribution in [3.8, 4) is 0 Å². The monoisotopic (exact) mass is 397 g/mol. The fourth-order valence-electron chi connectivity index (χ4n) is 8.71. The van der Waals surface area contributed by atoms with Crippen LogP contribution in [0.4, 0.5) is 0 Å². The third-order valence-corrected chi connectivity index (χ3v) is 10.4. The highest BCUT2D eigenvalue weighted by Crippen LogP contribution is 2.68. The number of hydrogen-bond acceptors (Lipinski definition) is 3. The first kappa shape index (κ1) is 20.0. The molecule has 4 aliphatic carbocycles. The second kappa shape index (κ2) is 7.34. The van der Waals surface area contributed by atoms with Gasteiger partial charge in [0.1, 0.15) is 0 Å². The van der Waals surface area contributed by atoms with Gasteiger partial charge in [-0.1, -0.05) is 19.9 Å². The molecule has 0 amide bonds. The van der Waals surface area contributed by atoms with Gasteiger partial charge >= 0.3 is 0 Å². The molecule has 1 aromatic heterocycles. The smallest absolute Gasteiger partial charge is 0.0807 e. The molecule has 4 saturated carbocycles. The zero-order valence-corrected chi connectivity index (χ0v) is 18.3. The minimum absolute atomic E-state index is 0.0525. The Morgan fingerprint density at radius 1 is 1.03 bits per heavy atom. The zero-order valence-electron chi connectivity index (χ0n) is 18.3. The predicted octanol–water partition coefficient (Wildman–Crippen LogP) is 5.52. The first-order valence-corrected chi connectivity index (χ1v) is 12.2. The highest BCUT2D eigenvalue weighted by Gasteiger charge is 2.60. The van der Waals surface area contributed by atoms with Crippen molar-refractivity contribution in [2.75, 3.05) is 0 Å². The standard InChI is InChI=1S/C26H39NO2/c1-25-11-9-20(28)14-18(25)5-7-21-22-8-6-19(26(22,2)12-10-23(21)25)15-24(29)17-4-3-13-27-16-17/h3-4,13,16,18-24,28-29H,5-12,14-15H2,1-2H3/t18-,19?,20?,21?,22-,23-,24?,25?,26?/m0/s1. The molecule has 6 unspecified atom stereocenters. The summed E-state index contributed by atoms with van der Waals surface area (Å²) in [6.07, 6.45) is 15.4. The fraction of sp³-hybridized carbons (Fsp3) is 0.808. The second-order valence-corrected chi connectivity index (χ2v) is 11.4. The Bertz CT molecular complexity index is 723. The minimum Gasteiger partial charge on any atom is -0.393 e. The van der Waals surface area contributed by atoms with Gasteiger partial charge in [-0.2, -0.15) is 0 Å². The third-order valence-electron chi connectivity index (χ3n) is 10.4. The van der Waals surface area contributed by atoms with Crippen molar-refractivity contribution in [1.82, 2.24) is 4.98 Å². The van der Waals surface area contributed by atoms with E-state index in [0.717, 1.165) is 48.5 Å². The van der Waals surface area contributed by atoms with Crippen LogP contribution in [0.15, 0.2) is 24.5 Å². The summed E-state index contributed by atoms with van der Waals surface area (Å²) in [5, 5.41) is 21.1. The number of pyridine rings is 1. The Kier molecular flexibility index (Phi) is 5.06. The van der Waals surface area contributed by atoms with Gasteiger partial charge in [0.15, 0.2) is 0 Å². The first-order valence-electron chi connectivity index (χ1n) is 12.2. The van der Waals surface area contributed by atoms with Gasteiger partial charge in [0.05, 0.1) is 12.2 Å². The number of rotatable bonds is 3. The number of hydrogen-bond donors (Lipinski definition) is 2. The van der Waals surface area contributed by atoms with E-state index in [0.29, 0.717) is 16.7 Å². The normalized spacial score (nSPS) is 47.7. The molecule has 0 aliphatic heterocycles. The summed E-state index contributed by atoms with van der Waals surface area (Å²) in [6, 6.07) is 3.95. The summed E-state index contributed by atoms with van der Waals surface area (Å²) in [4.78, 5) is 4.21. The van der Waals surface area contributed by atoms with Crippen LogP contribution in [0.3, 0.4) is 0 Å². The van der Waals surface area contributed by atoms with Crippen molar-refractivity contribution in [2.45, 2.75) is 90.3 Å². The van der Waals surface area contributed by atoms with E-state index in [1.165, 1.54) is 44.9 Å². The lowest BCUT2D eigenvalue weighted by Gasteiger charge is -2.61. The maximum absolute atomic E-state index is 10.9. The van der Waals surface area contributed by atoms with Gasteiger partial charge in [0.2, 0.25) is 0 Å². The maximum Gasteiger partial charge on any atom is 0.0807 e. The van der Waals surface area contributed by atoms with Gasteiger partial charge in [-0.3, -0.25) is 4.98 Å². The van der Waals surface area contributed by atoms with Crippen LogP contribution >= 0.6 is 0 Å². The average Bonchev–Trinajstić information content (AvgIpc) is 3.05. The Morgan fingerprint density at radius 3 is 2.62 bits per heavy atom. The second-order valence-electron chi connectivity index (χ2n) is 11.4. The Hall–Kier alpha value is -0.930. The Morgan fingerprint density at radius 2 is 1.83 bits per heavy atom. The van der Waals surface area contributed by atoms with Gasteiger partial charge in [-0.15, -0.1) is 0 Å². The van der Waals surface area contributed by atoms with Crippen molar-refractivity contribution in [2.24, 2.45) is 40.4 Å². The number of fused-ring (bicyclic) bond motifs is 5. The SMILES string of the molecule is CC12CC[C@H]3C(CC[C@H]4CC(O)CCC43C)[C@@H]1CCC2CC(O)c1cccnc1. The van der Waals surface area contributed by atoms with Crippen molar-refractivity contribution >= 4 is 0 Å². The van der Waals surface area contributed by atoms with Crippen LogP contribution in [-0.4, -0.2) is 21.3 Å². The summed E-state index contributed by atoms with van der Waals surface area (Å²) in [5.41, 5.74) is 1.82. The molecule has 9 atom stereocenters. The van der Waals surface area contributed by atoms with Crippen molar-refractivity contribution in [3.05, 3.63) is 30.1 Å². The van der Waals surface area contributed by atoms with Crippen LogP contribution in [0.2, 0.25) is 0 Å². The quantitative estimate of drug-likeness (QED) is 0.705. The number of aromatic nitrogens is 1. The summed E-state index contributed by atoms with van der Waals surface area (Å²) < 4.78 is 0. The van der Waals surface area contributed by atoms with Gasteiger partial charge in [-0.05, 0) is 116 Å². The Labute approximate surface area is 176 Å². The van der Waals surface area contributed by atoms with Crippen LogP contribution in [0.25, 0.3) is 0 Å². The molecule has 5 rings (SSSR count).